The van der Waals surface area contributed by atoms with Gasteiger partial charge in [-0.1, -0.05) is 42.5 Å². The predicted molar refractivity (Wildman–Crippen MR) is 117 cm³/mol. The molecule has 0 aliphatic rings. The van der Waals surface area contributed by atoms with Gasteiger partial charge in [0, 0.05) is 24.4 Å². The second-order valence-electron chi connectivity index (χ2n) is 6.70. The first-order chi connectivity index (χ1) is 15.0. The quantitative estimate of drug-likeness (QED) is 0.380. The first-order valence-corrected chi connectivity index (χ1v) is 9.64. The van der Waals surface area contributed by atoms with E-state index >= 15 is 0 Å². The molecule has 0 saturated heterocycles. The van der Waals surface area contributed by atoms with Crippen molar-refractivity contribution in [1.82, 2.24) is 5.32 Å². The van der Waals surface area contributed by atoms with E-state index in [9.17, 15) is 14.9 Å². The van der Waals surface area contributed by atoms with E-state index in [1.165, 1.54) is 12.1 Å². The van der Waals surface area contributed by atoms with E-state index in [1.807, 2.05) is 48.5 Å². The molecule has 0 spiro atoms. The number of amides is 1. The molecule has 3 rings (SSSR count). The molecule has 0 aliphatic heterocycles. The second kappa shape index (κ2) is 10.6. The zero-order valence-corrected chi connectivity index (χ0v) is 17.0. The highest BCUT2D eigenvalue weighted by molar-refractivity contribution is 5.80. The number of ether oxygens (including phenoxy) is 2. The lowest BCUT2D eigenvalue weighted by Crippen LogP contribution is -2.29. The molecule has 0 unspecified atom stereocenters. The number of hydrogen-bond acceptors (Lipinski definition) is 6. The number of rotatable bonds is 10. The Hall–Kier alpha value is -4.07. The standard InChI is InChI=1S/C23H23N3O5/c1-30-22-12-18(10-11-21(22)31-16-17-6-3-2-4-7-17)14-25-23(27)15-24-19-8-5-9-20(13-19)26(28)29/h2-13,24H,14-16H2,1H3,(H,25,27). The van der Waals surface area contributed by atoms with Gasteiger partial charge in [0.1, 0.15) is 6.61 Å². The van der Waals surface area contributed by atoms with Crippen molar-refractivity contribution in [1.29, 1.82) is 0 Å². The van der Waals surface area contributed by atoms with Gasteiger partial charge in [-0.15, -0.1) is 0 Å². The largest absolute Gasteiger partial charge is 0.493 e. The van der Waals surface area contributed by atoms with Gasteiger partial charge < -0.3 is 20.1 Å². The fraction of sp³-hybridized carbons (Fsp3) is 0.174. The molecule has 8 heteroatoms. The average molecular weight is 421 g/mol. The molecule has 0 atom stereocenters. The Labute approximate surface area is 180 Å². The zero-order valence-electron chi connectivity index (χ0n) is 17.0. The van der Waals surface area contributed by atoms with Crippen molar-refractivity contribution in [3.05, 3.63) is 94.0 Å². The highest BCUT2D eigenvalue weighted by Crippen LogP contribution is 2.28. The van der Waals surface area contributed by atoms with E-state index in [1.54, 1.807) is 19.2 Å². The molecule has 0 aromatic heterocycles. The number of nitro groups is 1. The van der Waals surface area contributed by atoms with Gasteiger partial charge in [-0.2, -0.15) is 0 Å². The summed E-state index contributed by atoms with van der Waals surface area (Å²) in [7, 11) is 1.57. The Bertz CT molecular complexity index is 1040. The third-order valence-corrected chi connectivity index (χ3v) is 4.46. The van der Waals surface area contributed by atoms with Crippen molar-refractivity contribution >= 4 is 17.3 Å². The number of anilines is 1. The van der Waals surface area contributed by atoms with Gasteiger partial charge in [0.15, 0.2) is 11.5 Å². The van der Waals surface area contributed by atoms with Crippen LogP contribution in [0.5, 0.6) is 11.5 Å². The monoisotopic (exact) mass is 421 g/mol. The Morgan fingerprint density at radius 1 is 0.968 bits per heavy atom. The summed E-state index contributed by atoms with van der Waals surface area (Å²) in [4.78, 5) is 22.5. The fourth-order valence-electron chi connectivity index (χ4n) is 2.85. The Morgan fingerprint density at radius 3 is 2.52 bits per heavy atom. The molecule has 0 aliphatic carbocycles. The van der Waals surface area contributed by atoms with E-state index < -0.39 is 4.92 Å². The van der Waals surface area contributed by atoms with Crippen molar-refractivity contribution in [2.45, 2.75) is 13.2 Å². The van der Waals surface area contributed by atoms with Crippen LogP contribution in [-0.2, 0) is 17.9 Å². The first-order valence-electron chi connectivity index (χ1n) is 9.64. The zero-order chi connectivity index (χ0) is 22.1. The van der Waals surface area contributed by atoms with Crippen LogP contribution in [0.3, 0.4) is 0 Å². The highest BCUT2D eigenvalue weighted by atomic mass is 16.6. The number of nitrogens with zero attached hydrogens (tertiary/aromatic N) is 1. The highest BCUT2D eigenvalue weighted by Gasteiger charge is 2.09. The molecule has 0 heterocycles. The van der Waals surface area contributed by atoms with Gasteiger partial charge in [0.2, 0.25) is 5.91 Å². The van der Waals surface area contributed by atoms with E-state index in [2.05, 4.69) is 10.6 Å². The topological polar surface area (TPSA) is 103 Å². The minimum absolute atomic E-state index is 0.00340. The molecule has 0 radical (unpaired) electrons. The summed E-state index contributed by atoms with van der Waals surface area (Å²) in [5.74, 6) is 0.959. The molecule has 160 valence electrons. The third-order valence-electron chi connectivity index (χ3n) is 4.46. The lowest BCUT2D eigenvalue weighted by atomic mass is 10.2. The molecular weight excluding hydrogens is 398 g/mol. The van der Waals surface area contributed by atoms with E-state index in [0.29, 0.717) is 30.3 Å². The van der Waals surface area contributed by atoms with Crippen LogP contribution < -0.4 is 20.1 Å². The van der Waals surface area contributed by atoms with Gasteiger partial charge in [0.05, 0.1) is 18.6 Å². The van der Waals surface area contributed by atoms with E-state index in [4.69, 9.17) is 9.47 Å². The molecule has 2 N–H and O–H groups in total. The van der Waals surface area contributed by atoms with Crippen LogP contribution in [0.15, 0.2) is 72.8 Å². The van der Waals surface area contributed by atoms with Crippen LogP contribution >= 0.6 is 0 Å². The number of carbonyl (C=O) groups is 1. The number of benzene rings is 3. The Kier molecular flexibility index (Phi) is 7.42. The number of nitro benzene ring substituents is 1. The number of methoxy groups -OCH3 is 1. The number of carbonyl (C=O) groups excluding carboxylic acids is 1. The number of hydrogen-bond donors (Lipinski definition) is 2. The predicted octanol–water partition coefficient (Wildman–Crippen LogP) is 3.91. The first kappa shape index (κ1) is 21.6. The van der Waals surface area contributed by atoms with Crippen LogP contribution in [0, 0.1) is 10.1 Å². The minimum Gasteiger partial charge on any atom is -0.493 e. The summed E-state index contributed by atoms with van der Waals surface area (Å²) < 4.78 is 11.3. The van der Waals surface area contributed by atoms with Crippen molar-refractivity contribution in [3.63, 3.8) is 0 Å². The smallest absolute Gasteiger partial charge is 0.271 e. The number of non-ortho nitro benzene ring substituents is 1. The van der Waals surface area contributed by atoms with E-state index in [0.717, 1.165) is 11.1 Å². The van der Waals surface area contributed by atoms with Gasteiger partial charge in [-0.25, -0.2) is 0 Å². The molecule has 3 aromatic carbocycles. The number of nitrogens with one attached hydrogen (secondary N) is 2. The summed E-state index contributed by atoms with van der Waals surface area (Å²) in [5.41, 5.74) is 2.38. The lowest BCUT2D eigenvalue weighted by molar-refractivity contribution is -0.384. The van der Waals surface area contributed by atoms with Crippen molar-refractivity contribution in [2.75, 3.05) is 19.0 Å². The summed E-state index contributed by atoms with van der Waals surface area (Å²) in [6.45, 7) is 0.734. The van der Waals surface area contributed by atoms with Crippen LogP contribution in [0.2, 0.25) is 0 Å². The van der Waals surface area contributed by atoms with Crippen molar-refractivity contribution in [2.24, 2.45) is 0 Å². The molecule has 3 aromatic rings. The van der Waals surface area contributed by atoms with Gasteiger partial charge in [-0.3, -0.25) is 14.9 Å². The molecular formula is C23H23N3O5. The molecule has 0 fully saturated rings. The Morgan fingerprint density at radius 2 is 1.77 bits per heavy atom. The molecule has 0 bridgehead atoms. The summed E-state index contributed by atoms with van der Waals surface area (Å²) in [6, 6.07) is 21.3. The molecule has 31 heavy (non-hydrogen) atoms. The molecule has 0 saturated carbocycles. The van der Waals surface area contributed by atoms with Crippen LogP contribution in [0.4, 0.5) is 11.4 Å². The molecule has 1 amide bonds. The maximum absolute atomic E-state index is 12.1. The van der Waals surface area contributed by atoms with Crippen LogP contribution in [0.25, 0.3) is 0 Å². The average Bonchev–Trinajstić information content (AvgIpc) is 2.81. The van der Waals surface area contributed by atoms with Gasteiger partial charge in [-0.05, 0) is 29.3 Å². The third kappa shape index (κ3) is 6.46. The summed E-state index contributed by atoms with van der Waals surface area (Å²) in [6.07, 6.45) is 0. The second-order valence-corrected chi connectivity index (χ2v) is 6.70. The normalized spacial score (nSPS) is 10.2. The minimum atomic E-state index is -0.480. The van der Waals surface area contributed by atoms with Crippen LogP contribution in [-0.4, -0.2) is 24.5 Å². The van der Waals surface area contributed by atoms with Crippen molar-refractivity contribution in [3.8, 4) is 11.5 Å². The van der Waals surface area contributed by atoms with Crippen LogP contribution in [0.1, 0.15) is 11.1 Å². The maximum atomic E-state index is 12.1. The summed E-state index contributed by atoms with van der Waals surface area (Å²) >= 11 is 0. The fourth-order valence-corrected chi connectivity index (χ4v) is 2.85. The lowest BCUT2D eigenvalue weighted by Gasteiger charge is -2.13. The SMILES string of the molecule is COc1cc(CNC(=O)CNc2cccc([N+](=O)[O-])c2)ccc1OCc1ccccc1. The maximum Gasteiger partial charge on any atom is 0.271 e. The van der Waals surface area contributed by atoms with Gasteiger partial charge >= 0.3 is 0 Å². The van der Waals surface area contributed by atoms with Crippen molar-refractivity contribution < 1.29 is 19.2 Å². The van der Waals surface area contributed by atoms with E-state index in [-0.39, 0.29) is 18.1 Å². The molecule has 8 nitrogen and oxygen atoms in total. The van der Waals surface area contributed by atoms with Gasteiger partial charge in [0.25, 0.3) is 5.69 Å². The Balaban J connectivity index is 1.51. The summed E-state index contributed by atoms with van der Waals surface area (Å²) in [5, 5.41) is 16.5.